The number of nitrogens with zero attached hydrogens (tertiary/aromatic N) is 1. The minimum absolute atomic E-state index is 0.191. The van der Waals surface area contributed by atoms with Gasteiger partial charge in [0.15, 0.2) is 0 Å². The highest BCUT2D eigenvalue weighted by Crippen LogP contribution is 2.29. The molecule has 0 bridgehead atoms. The van der Waals surface area contributed by atoms with Gasteiger partial charge in [0.2, 0.25) is 5.91 Å². The summed E-state index contributed by atoms with van der Waals surface area (Å²) in [4.78, 5) is 14.5. The second kappa shape index (κ2) is 8.82. The molecule has 1 amide bonds. The predicted octanol–water partition coefficient (Wildman–Crippen LogP) is 3.99. The zero-order valence-corrected chi connectivity index (χ0v) is 15.0. The Bertz CT molecular complexity index is 607. The van der Waals surface area contributed by atoms with E-state index in [9.17, 15) is 4.79 Å². The highest BCUT2D eigenvalue weighted by molar-refractivity contribution is 5.78. The fourth-order valence-electron chi connectivity index (χ4n) is 3.86. The first-order valence-corrected chi connectivity index (χ1v) is 9.29. The minimum Gasteiger partial charge on any atom is -0.359 e. The van der Waals surface area contributed by atoms with Crippen LogP contribution in [0.1, 0.15) is 36.8 Å². The molecule has 1 aliphatic carbocycles. The van der Waals surface area contributed by atoms with Gasteiger partial charge in [-0.3, -0.25) is 9.69 Å². The summed E-state index contributed by atoms with van der Waals surface area (Å²) in [6, 6.07) is 21.9. The van der Waals surface area contributed by atoms with Crippen LogP contribution in [0, 0.1) is 5.92 Å². The maximum atomic E-state index is 11.9. The van der Waals surface area contributed by atoms with Crippen LogP contribution in [0.4, 0.5) is 0 Å². The lowest BCUT2D eigenvalue weighted by Gasteiger charge is -2.36. The second-order valence-corrected chi connectivity index (χ2v) is 7.00. The Morgan fingerprint density at radius 1 is 0.880 bits per heavy atom. The average Bonchev–Trinajstić information content (AvgIpc) is 2.68. The first-order valence-electron chi connectivity index (χ1n) is 9.29. The number of nitrogens with one attached hydrogen (secondary N) is 1. The smallest absolute Gasteiger partial charge is 0.222 e. The van der Waals surface area contributed by atoms with E-state index in [1.54, 1.807) is 7.05 Å². The molecule has 0 spiro atoms. The number of amides is 1. The first kappa shape index (κ1) is 17.7. The SMILES string of the molecule is CNC(=O)C1CCC(N(Cc2ccccc2)Cc2ccccc2)CC1. The van der Waals surface area contributed by atoms with E-state index in [-0.39, 0.29) is 11.8 Å². The molecule has 1 N–H and O–H groups in total. The number of hydrogen-bond acceptors (Lipinski definition) is 2. The summed E-state index contributed by atoms with van der Waals surface area (Å²) in [6.07, 6.45) is 4.17. The number of benzene rings is 2. The molecular formula is C22H28N2O. The fourth-order valence-corrected chi connectivity index (χ4v) is 3.86. The highest BCUT2D eigenvalue weighted by Gasteiger charge is 2.29. The zero-order valence-electron chi connectivity index (χ0n) is 15.0. The predicted molar refractivity (Wildman–Crippen MR) is 102 cm³/mol. The van der Waals surface area contributed by atoms with Gasteiger partial charge in [-0.05, 0) is 36.8 Å². The highest BCUT2D eigenvalue weighted by atomic mass is 16.1. The van der Waals surface area contributed by atoms with E-state index in [0.717, 1.165) is 38.8 Å². The zero-order chi connectivity index (χ0) is 17.5. The van der Waals surface area contributed by atoms with Crippen LogP contribution >= 0.6 is 0 Å². The largest absolute Gasteiger partial charge is 0.359 e. The standard InChI is InChI=1S/C22H28N2O/c1-23-22(25)20-12-14-21(15-13-20)24(16-18-8-4-2-5-9-18)17-19-10-6-3-7-11-19/h2-11,20-21H,12-17H2,1H3,(H,23,25). The molecular weight excluding hydrogens is 308 g/mol. The lowest BCUT2D eigenvalue weighted by molar-refractivity contribution is -0.125. The summed E-state index contributed by atoms with van der Waals surface area (Å²) in [5, 5.41) is 2.81. The minimum atomic E-state index is 0.191. The Labute approximate surface area is 151 Å². The molecule has 0 aliphatic heterocycles. The molecule has 1 aliphatic rings. The van der Waals surface area contributed by atoms with Crippen LogP contribution in [0.5, 0.6) is 0 Å². The van der Waals surface area contributed by atoms with E-state index in [1.807, 2.05) is 0 Å². The number of hydrogen-bond donors (Lipinski definition) is 1. The van der Waals surface area contributed by atoms with Crippen LogP contribution in [0.3, 0.4) is 0 Å². The van der Waals surface area contributed by atoms with Gasteiger partial charge in [-0.1, -0.05) is 60.7 Å². The van der Waals surface area contributed by atoms with Crippen LogP contribution in [-0.4, -0.2) is 23.9 Å². The lowest BCUT2D eigenvalue weighted by atomic mass is 9.84. The number of carbonyl (C=O) groups excluding carboxylic acids is 1. The van der Waals surface area contributed by atoms with E-state index in [0.29, 0.717) is 6.04 Å². The summed E-state index contributed by atoms with van der Waals surface area (Å²) in [5.41, 5.74) is 2.71. The molecule has 0 unspecified atom stereocenters. The van der Waals surface area contributed by atoms with E-state index >= 15 is 0 Å². The Kier molecular flexibility index (Phi) is 6.24. The van der Waals surface area contributed by atoms with Crippen LogP contribution in [-0.2, 0) is 17.9 Å². The van der Waals surface area contributed by atoms with Gasteiger partial charge >= 0.3 is 0 Å². The van der Waals surface area contributed by atoms with Gasteiger partial charge in [0, 0.05) is 32.1 Å². The molecule has 1 saturated carbocycles. The topological polar surface area (TPSA) is 32.3 Å². The molecule has 2 aromatic rings. The normalized spacial score (nSPS) is 20.4. The molecule has 132 valence electrons. The molecule has 0 saturated heterocycles. The van der Waals surface area contributed by atoms with Gasteiger partial charge in [0.1, 0.15) is 0 Å². The van der Waals surface area contributed by atoms with Crippen molar-refractivity contribution >= 4 is 5.91 Å². The van der Waals surface area contributed by atoms with Crippen LogP contribution in [0.15, 0.2) is 60.7 Å². The van der Waals surface area contributed by atoms with Crippen LogP contribution in [0.2, 0.25) is 0 Å². The summed E-state index contributed by atoms with van der Waals surface area (Å²) < 4.78 is 0. The van der Waals surface area contributed by atoms with Gasteiger partial charge < -0.3 is 5.32 Å². The van der Waals surface area contributed by atoms with Crippen molar-refractivity contribution in [1.82, 2.24) is 10.2 Å². The van der Waals surface area contributed by atoms with Crippen LogP contribution < -0.4 is 5.32 Å². The number of rotatable bonds is 6. The maximum Gasteiger partial charge on any atom is 0.222 e. The van der Waals surface area contributed by atoms with E-state index in [1.165, 1.54) is 11.1 Å². The number of carbonyl (C=O) groups is 1. The van der Waals surface area contributed by atoms with Crippen molar-refractivity contribution in [3.8, 4) is 0 Å². The van der Waals surface area contributed by atoms with Crippen molar-refractivity contribution in [2.45, 2.75) is 44.8 Å². The fraction of sp³-hybridized carbons (Fsp3) is 0.409. The van der Waals surface area contributed by atoms with Crippen molar-refractivity contribution in [2.75, 3.05) is 7.05 Å². The lowest BCUT2D eigenvalue weighted by Crippen LogP contribution is -2.40. The van der Waals surface area contributed by atoms with Gasteiger partial charge in [0.25, 0.3) is 0 Å². The van der Waals surface area contributed by atoms with Crippen LogP contribution in [0.25, 0.3) is 0 Å². The first-order chi connectivity index (χ1) is 12.3. The van der Waals surface area contributed by atoms with E-state index < -0.39 is 0 Å². The molecule has 0 radical (unpaired) electrons. The van der Waals surface area contributed by atoms with Gasteiger partial charge in [0.05, 0.1) is 0 Å². The Hall–Kier alpha value is -2.13. The third kappa shape index (κ3) is 4.93. The molecule has 1 fully saturated rings. The maximum absolute atomic E-state index is 11.9. The molecule has 25 heavy (non-hydrogen) atoms. The third-order valence-electron chi connectivity index (χ3n) is 5.29. The molecule has 0 atom stereocenters. The molecule has 3 heteroatoms. The molecule has 0 heterocycles. The van der Waals surface area contributed by atoms with Gasteiger partial charge in [-0.2, -0.15) is 0 Å². The van der Waals surface area contributed by atoms with Gasteiger partial charge in [-0.25, -0.2) is 0 Å². The quantitative estimate of drug-likeness (QED) is 0.865. The summed E-state index contributed by atoms with van der Waals surface area (Å²) in [5.74, 6) is 0.396. The average molecular weight is 336 g/mol. The Morgan fingerprint density at radius 2 is 1.36 bits per heavy atom. The molecule has 3 nitrogen and oxygen atoms in total. The third-order valence-corrected chi connectivity index (χ3v) is 5.29. The monoisotopic (exact) mass is 336 g/mol. The van der Waals surface area contributed by atoms with E-state index in [2.05, 4.69) is 70.9 Å². The van der Waals surface area contributed by atoms with Crippen molar-refractivity contribution in [2.24, 2.45) is 5.92 Å². The van der Waals surface area contributed by atoms with Crippen molar-refractivity contribution < 1.29 is 4.79 Å². The van der Waals surface area contributed by atoms with Gasteiger partial charge in [-0.15, -0.1) is 0 Å². The Morgan fingerprint density at radius 3 is 1.80 bits per heavy atom. The summed E-state index contributed by atoms with van der Waals surface area (Å²) >= 11 is 0. The van der Waals surface area contributed by atoms with Crippen molar-refractivity contribution in [1.29, 1.82) is 0 Å². The molecule has 2 aromatic carbocycles. The summed E-state index contributed by atoms with van der Waals surface area (Å²) in [6.45, 7) is 1.93. The van der Waals surface area contributed by atoms with Crippen molar-refractivity contribution in [3.05, 3.63) is 71.8 Å². The second-order valence-electron chi connectivity index (χ2n) is 7.00. The summed E-state index contributed by atoms with van der Waals surface area (Å²) in [7, 11) is 1.74. The molecule has 3 rings (SSSR count). The molecule has 0 aromatic heterocycles. The Balaban J connectivity index is 1.69. The van der Waals surface area contributed by atoms with E-state index in [4.69, 9.17) is 0 Å². The van der Waals surface area contributed by atoms with Crippen molar-refractivity contribution in [3.63, 3.8) is 0 Å².